The number of ether oxygens (including phenoxy) is 1. The molecule has 0 radical (unpaired) electrons. The molecule has 2 rings (SSSR count). The molecule has 2 heterocycles. The molecule has 122 valence electrons. The number of imidazole rings is 1. The van der Waals surface area contributed by atoms with E-state index in [0.717, 1.165) is 17.7 Å². The van der Waals surface area contributed by atoms with Gasteiger partial charge in [-0.1, -0.05) is 11.6 Å². The van der Waals surface area contributed by atoms with Crippen LogP contribution in [0.2, 0.25) is 5.02 Å². The van der Waals surface area contributed by atoms with Gasteiger partial charge in [-0.15, -0.1) is 0 Å². The van der Waals surface area contributed by atoms with Crippen molar-refractivity contribution in [2.45, 2.75) is 12.3 Å². The highest BCUT2D eigenvalue weighted by Gasteiger charge is 2.32. The minimum Gasteiger partial charge on any atom is -0.368 e. The molecule has 1 atom stereocenters. The summed E-state index contributed by atoms with van der Waals surface area (Å²) in [7, 11) is -8.11. The van der Waals surface area contributed by atoms with Crippen molar-refractivity contribution in [1.82, 2.24) is 9.38 Å². The zero-order valence-electron chi connectivity index (χ0n) is 11.2. The van der Waals surface area contributed by atoms with Crippen LogP contribution >= 0.6 is 26.8 Å². The molecule has 0 fully saturated rings. The quantitative estimate of drug-likeness (QED) is 0.557. The second kappa shape index (κ2) is 6.03. The lowest BCUT2D eigenvalue weighted by Crippen LogP contribution is -2.20. The Morgan fingerprint density at radius 1 is 1.32 bits per heavy atom. The molecular formula is C10H13ClN2O7P2. The summed E-state index contributed by atoms with van der Waals surface area (Å²) in [5.74, 6) is -1.50. The van der Waals surface area contributed by atoms with Crippen molar-refractivity contribution in [3.05, 3.63) is 29.0 Å². The van der Waals surface area contributed by atoms with Crippen LogP contribution in [0.3, 0.4) is 0 Å². The monoisotopic (exact) mass is 370 g/mol. The molecule has 1 unspecified atom stereocenters. The number of aromatic nitrogens is 2. The van der Waals surface area contributed by atoms with Gasteiger partial charge in [-0.2, -0.15) is 0 Å². The first kappa shape index (κ1) is 17.6. The minimum atomic E-state index is -4.65. The molecule has 2 aromatic rings. The average Bonchev–Trinajstić information content (AvgIpc) is 2.80. The summed E-state index contributed by atoms with van der Waals surface area (Å²) in [6.45, 7) is 0. The molecule has 4 N–H and O–H groups in total. The summed E-state index contributed by atoms with van der Waals surface area (Å²) in [5.41, 5.74) is -0.135. The Balaban J connectivity index is 2.67. The third-order valence-electron chi connectivity index (χ3n) is 3.01. The molecule has 2 aromatic heterocycles. The van der Waals surface area contributed by atoms with Gasteiger partial charge < -0.3 is 24.3 Å². The molecule has 0 saturated carbocycles. The number of pyridine rings is 1. The Kier molecular flexibility index (Phi) is 4.82. The van der Waals surface area contributed by atoms with Crippen LogP contribution in [0.25, 0.3) is 5.65 Å². The predicted molar refractivity (Wildman–Crippen MR) is 78.4 cm³/mol. The number of nitrogens with zero attached hydrogens (tertiary/aromatic N) is 2. The normalized spacial score (nSPS) is 14.5. The van der Waals surface area contributed by atoms with Crippen molar-refractivity contribution < 1.29 is 33.4 Å². The average molecular weight is 371 g/mol. The van der Waals surface area contributed by atoms with Crippen LogP contribution in [0.1, 0.15) is 5.69 Å². The van der Waals surface area contributed by atoms with Gasteiger partial charge >= 0.3 is 15.2 Å². The molecule has 0 bridgehead atoms. The van der Waals surface area contributed by atoms with Crippen molar-refractivity contribution >= 4 is 37.9 Å². The van der Waals surface area contributed by atoms with Gasteiger partial charge in [0.05, 0.1) is 11.2 Å². The fourth-order valence-electron chi connectivity index (χ4n) is 2.00. The van der Waals surface area contributed by atoms with Crippen LogP contribution in [0.15, 0.2) is 18.3 Å². The van der Waals surface area contributed by atoms with Gasteiger partial charge in [-0.25, -0.2) is 4.98 Å². The van der Waals surface area contributed by atoms with Crippen molar-refractivity contribution in [3.8, 4) is 0 Å². The van der Waals surface area contributed by atoms with Gasteiger partial charge in [0, 0.05) is 19.2 Å². The van der Waals surface area contributed by atoms with E-state index >= 15 is 0 Å². The first-order valence-corrected chi connectivity index (χ1v) is 9.52. The number of fused-ring (bicyclic) bond motifs is 1. The maximum Gasteiger partial charge on any atom is 0.374 e. The number of halogens is 1. The van der Waals surface area contributed by atoms with Crippen LogP contribution < -0.4 is 5.44 Å². The Hall–Kier alpha value is -0.760. The Morgan fingerprint density at radius 3 is 2.45 bits per heavy atom. The smallest absolute Gasteiger partial charge is 0.368 e. The summed E-state index contributed by atoms with van der Waals surface area (Å²) >= 11 is 6.02. The molecular weight excluding hydrogens is 358 g/mol. The van der Waals surface area contributed by atoms with Gasteiger partial charge in [-0.3, -0.25) is 13.5 Å². The molecule has 0 aliphatic rings. The summed E-state index contributed by atoms with van der Waals surface area (Å²) in [6.07, 6.45) is 0.648. The van der Waals surface area contributed by atoms with Crippen molar-refractivity contribution in [2.24, 2.45) is 0 Å². The molecule has 0 aromatic carbocycles. The van der Waals surface area contributed by atoms with Crippen molar-refractivity contribution in [2.75, 3.05) is 7.11 Å². The van der Waals surface area contributed by atoms with E-state index in [9.17, 15) is 28.7 Å². The molecule has 0 aliphatic carbocycles. The van der Waals surface area contributed by atoms with Gasteiger partial charge in [0.1, 0.15) is 5.65 Å². The van der Waals surface area contributed by atoms with E-state index in [1.54, 1.807) is 0 Å². The highest BCUT2D eigenvalue weighted by Crippen LogP contribution is 2.44. The van der Waals surface area contributed by atoms with Gasteiger partial charge in [0.2, 0.25) is 0 Å². The van der Waals surface area contributed by atoms with Crippen LogP contribution in [0, 0.1) is 0 Å². The van der Waals surface area contributed by atoms with E-state index in [2.05, 4.69) is 4.98 Å². The zero-order chi connectivity index (χ0) is 16.7. The number of hydrogen-bond donors (Lipinski definition) is 4. The second-order valence-electron chi connectivity index (χ2n) is 4.47. The molecule has 9 nitrogen and oxygen atoms in total. The lowest BCUT2D eigenvalue weighted by Gasteiger charge is -2.19. The maximum atomic E-state index is 11.5. The lowest BCUT2D eigenvalue weighted by molar-refractivity contribution is 0.135. The molecule has 0 aliphatic heterocycles. The Morgan fingerprint density at radius 2 is 1.95 bits per heavy atom. The van der Waals surface area contributed by atoms with Gasteiger partial charge in [0.15, 0.2) is 11.3 Å². The second-order valence-corrected chi connectivity index (χ2v) is 8.17. The Bertz CT molecular complexity index is 796. The first-order valence-electron chi connectivity index (χ1n) is 5.84. The number of hydrogen-bond acceptors (Lipinski definition) is 4. The van der Waals surface area contributed by atoms with Gasteiger partial charge in [0.25, 0.3) is 0 Å². The number of rotatable bonds is 5. The van der Waals surface area contributed by atoms with E-state index in [1.807, 2.05) is 0 Å². The Labute approximate surface area is 129 Å². The van der Waals surface area contributed by atoms with Crippen molar-refractivity contribution in [3.63, 3.8) is 0 Å². The molecule has 22 heavy (non-hydrogen) atoms. The summed E-state index contributed by atoms with van der Waals surface area (Å²) in [6, 6.07) is 2.86. The third kappa shape index (κ3) is 3.42. The summed E-state index contributed by atoms with van der Waals surface area (Å²) < 4.78 is 28.8. The van der Waals surface area contributed by atoms with Crippen LogP contribution in [-0.2, 0) is 20.3 Å². The van der Waals surface area contributed by atoms with E-state index in [-0.39, 0.29) is 22.8 Å². The largest absolute Gasteiger partial charge is 0.374 e. The fourth-order valence-corrected chi connectivity index (χ4v) is 3.60. The third-order valence-corrected chi connectivity index (χ3v) is 5.41. The number of methoxy groups -OCH3 is 1. The molecule has 0 spiro atoms. The summed E-state index contributed by atoms with van der Waals surface area (Å²) in [5, 5.41) is 0.0794. The van der Waals surface area contributed by atoms with Crippen molar-refractivity contribution in [1.29, 1.82) is 0 Å². The highest BCUT2D eigenvalue weighted by atomic mass is 35.5. The van der Waals surface area contributed by atoms with E-state index in [1.165, 1.54) is 12.1 Å². The lowest BCUT2D eigenvalue weighted by atomic mass is 10.2. The molecule has 0 saturated heterocycles. The molecule has 12 heteroatoms. The SMILES string of the molecule is COC(Cc1c(Cl)ccc2ncc(P(=O)(O)O)n12)P(=O)(O)O. The highest BCUT2D eigenvalue weighted by molar-refractivity contribution is 7.60. The van der Waals surface area contributed by atoms with Crippen LogP contribution in [0.4, 0.5) is 0 Å². The topological polar surface area (TPSA) is 142 Å². The minimum absolute atomic E-state index is 0.0794. The summed E-state index contributed by atoms with van der Waals surface area (Å²) in [4.78, 5) is 41.1. The maximum absolute atomic E-state index is 11.5. The van der Waals surface area contributed by atoms with Crippen LogP contribution in [0.5, 0.6) is 0 Å². The first-order chi connectivity index (χ1) is 10.1. The predicted octanol–water partition coefficient (Wildman–Crippen LogP) is 0.483. The standard InChI is InChI=1S/C10H13ClN2O7P2/c1-20-10(22(17,18)19)4-7-6(11)2-3-8-12-5-9(13(7)8)21(14,15)16/h2-3,5,10H,4H2,1H3,(H2,14,15,16)(H2,17,18,19). The van der Waals surface area contributed by atoms with Crippen LogP contribution in [-0.4, -0.2) is 41.9 Å². The molecule has 0 amide bonds. The van der Waals surface area contributed by atoms with Gasteiger partial charge in [-0.05, 0) is 12.1 Å². The van der Waals surface area contributed by atoms with E-state index in [0.29, 0.717) is 0 Å². The fraction of sp³-hybridized carbons (Fsp3) is 0.300. The van der Waals surface area contributed by atoms with E-state index in [4.69, 9.17) is 16.3 Å². The zero-order valence-corrected chi connectivity index (χ0v) is 13.7. The van der Waals surface area contributed by atoms with E-state index < -0.39 is 26.5 Å².